The van der Waals surface area contributed by atoms with E-state index >= 15 is 0 Å². The zero-order chi connectivity index (χ0) is 13.1. The molecule has 0 bridgehead atoms. The van der Waals surface area contributed by atoms with E-state index in [1.165, 1.54) is 25.0 Å². The highest BCUT2D eigenvalue weighted by Gasteiger charge is 2.17. The molecular formula is C14H20N2O2S. The van der Waals surface area contributed by atoms with Gasteiger partial charge in [-0.25, -0.2) is 0 Å². The van der Waals surface area contributed by atoms with Gasteiger partial charge in [-0.2, -0.15) is 11.8 Å². The van der Waals surface area contributed by atoms with Crippen LogP contribution in [0, 0.1) is 0 Å². The van der Waals surface area contributed by atoms with E-state index < -0.39 is 0 Å². The van der Waals surface area contributed by atoms with Crippen molar-refractivity contribution in [3.05, 3.63) is 12.1 Å². The topological polar surface area (TPSA) is 56.5 Å². The lowest BCUT2D eigenvalue weighted by Crippen LogP contribution is -2.21. The molecule has 0 amide bonds. The van der Waals surface area contributed by atoms with Crippen LogP contribution in [0.15, 0.2) is 12.1 Å². The molecule has 0 spiro atoms. The Morgan fingerprint density at radius 3 is 2.74 bits per heavy atom. The molecule has 0 aliphatic carbocycles. The summed E-state index contributed by atoms with van der Waals surface area (Å²) in [6, 6.07) is 3.81. The van der Waals surface area contributed by atoms with Crippen molar-refractivity contribution in [3.63, 3.8) is 0 Å². The van der Waals surface area contributed by atoms with Crippen molar-refractivity contribution in [1.29, 1.82) is 0 Å². The third kappa shape index (κ3) is 3.03. The van der Waals surface area contributed by atoms with E-state index in [1.807, 2.05) is 12.1 Å². The van der Waals surface area contributed by atoms with Gasteiger partial charge in [0.25, 0.3) is 0 Å². The molecule has 3 rings (SSSR count). The smallest absolute Gasteiger partial charge is 0.163 e. The Labute approximate surface area is 118 Å². The molecule has 1 aromatic carbocycles. The number of ether oxygens (including phenoxy) is 2. The molecular weight excluding hydrogens is 260 g/mol. The summed E-state index contributed by atoms with van der Waals surface area (Å²) in [7, 11) is 0. The molecule has 2 heterocycles. The Balaban J connectivity index is 1.66. The number of nitrogens with two attached hydrogens (primary N) is 1. The van der Waals surface area contributed by atoms with E-state index in [4.69, 9.17) is 15.2 Å². The van der Waals surface area contributed by atoms with Crippen LogP contribution in [0.4, 0.5) is 11.4 Å². The predicted octanol–water partition coefficient (Wildman–Crippen LogP) is 2.74. The Bertz CT molecular complexity index is 447. The molecule has 1 atom stereocenters. The van der Waals surface area contributed by atoms with Crippen molar-refractivity contribution >= 4 is 23.1 Å². The average molecular weight is 280 g/mol. The quantitative estimate of drug-likeness (QED) is 0.834. The van der Waals surface area contributed by atoms with Gasteiger partial charge in [-0.15, -0.1) is 0 Å². The molecule has 19 heavy (non-hydrogen) atoms. The lowest BCUT2D eigenvalue weighted by Gasteiger charge is -2.24. The number of benzene rings is 1. The van der Waals surface area contributed by atoms with Gasteiger partial charge in [0.2, 0.25) is 0 Å². The summed E-state index contributed by atoms with van der Waals surface area (Å²) >= 11 is 2.06. The number of nitrogens with one attached hydrogen (secondary N) is 1. The van der Waals surface area contributed by atoms with Gasteiger partial charge < -0.3 is 20.5 Å². The number of nitrogen functional groups attached to an aromatic ring is 1. The first kappa shape index (κ1) is 12.8. The highest BCUT2D eigenvalue weighted by Crippen LogP contribution is 2.37. The zero-order valence-corrected chi connectivity index (χ0v) is 11.8. The molecule has 0 aromatic heterocycles. The number of fused-ring (bicyclic) bond motifs is 1. The van der Waals surface area contributed by atoms with Crippen LogP contribution in [0.5, 0.6) is 11.5 Å². The third-order valence-electron chi connectivity index (χ3n) is 3.51. The molecule has 1 aromatic rings. The number of rotatable bonds is 3. The molecule has 104 valence electrons. The van der Waals surface area contributed by atoms with E-state index in [2.05, 4.69) is 17.1 Å². The maximum atomic E-state index is 6.06. The summed E-state index contributed by atoms with van der Waals surface area (Å²) < 4.78 is 11.1. The van der Waals surface area contributed by atoms with Crippen molar-refractivity contribution in [2.24, 2.45) is 0 Å². The van der Waals surface area contributed by atoms with Gasteiger partial charge in [-0.1, -0.05) is 6.42 Å². The third-order valence-corrected chi connectivity index (χ3v) is 4.91. The molecule has 0 radical (unpaired) electrons. The fourth-order valence-corrected chi connectivity index (χ4v) is 3.69. The van der Waals surface area contributed by atoms with Crippen molar-refractivity contribution in [3.8, 4) is 11.5 Å². The van der Waals surface area contributed by atoms with Gasteiger partial charge in [0.15, 0.2) is 11.5 Å². The summed E-state index contributed by atoms with van der Waals surface area (Å²) in [6.07, 6.45) is 3.99. The minimum atomic E-state index is 0.595. The molecule has 1 unspecified atom stereocenters. The summed E-state index contributed by atoms with van der Waals surface area (Å²) in [5.74, 6) is 2.82. The molecule has 1 saturated heterocycles. The van der Waals surface area contributed by atoms with Crippen LogP contribution in [0.2, 0.25) is 0 Å². The van der Waals surface area contributed by atoms with Crippen LogP contribution in [0.25, 0.3) is 0 Å². The Morgan fingerprint density at radius 1 is 1.21 bits per heavy atom. The molecule has 4 nitrogen and oxygen atoms in total. The average Bonchev–Trinajstić information content (AvgIpc) is 2.46. The van der Waals surface area contributed by atoms with Crippen LogP contribution in [0.1, 0.15) is 19.3 Å². The molecule has 2 aliphatic rings. The van der Waals surface area contributed by atoms with E-state index in [9.17, 15) is 0 Å². The van der Waals surface area contributed by atoms with Gasteiger partial charge in [0, 0.05) is 23.9 Å². The molecule has 2 aliphatic heterocycles. The predicted molar refractivity (Wildman–Crippen MR) is 80.4 cm³/mol. The summed E-state index contributed by atoms with van der Waals surface area (Å²) in [6.45, 7) is 2.17. The highest BCUT2D eigenvalue weighted by atomic mass is 32.2. The minimum Gasteiger partial charge on any atom is -0.486 e. The Hall–Kier alpha value is -1.23. The number of anilines is 2. The molecule has 0 saturated carbocycles. The molecule has 3 N–H and O–H groups in total. The number of thioether (sulfide) groups is 1. The van der Waals surface area contributed by atoms with E-state index in [1.54, 1.807) is 0 Å². The van der Waals surface area contributed by atoms with Gasteiger partial charge in [0.1, 0.15) is 13.2 Å². The van der Waals surface area contributed by atoms with E-state index in [-0.39, 0.29) is 0 Å². The van der Waals surface area contributed by atoms with Crippen molar-refractivity contribution in [2.75, 3.05) is 36.6 Å². The molecule has 1 fully saturated rings. The van der Waals surface area contributed by atoms with E-state index in [0.29, 0.717) is 18.5 Å². The first-order chi connectivity index (χ1) is 9.33. The van der Waals surface area contributed by atoms with Crippen molar-refractivity contribution in [1.82, 2.24) is 0 Å². The van der Waals surface area contributed by atoms with Gasteiger partial charge in [0.05, 0.1) is 11.4 Å². The fourth-order valence-electron chi connectivity index (χ4n) is 2.45. The van der Waals surface area contributed by atoms with Crippen LogP contribution < -0.4 is 20.5 Å². The van der Waals surface area contributed by atoms with Crippen LogP contribution in [0.3, 0.4) is 0 Å². The standard InChI is InChI=1S/C14H20N2O2S/c15-11-7-13-14(18-5-4-17-13)8-12(11)16-9-10-3-1-2-6-19-10/h7-8,10,16H,1-6,9,15H2. The number of hydrogen-bond donors (Lipinski definition) is 2. The van der Waals surface area contributed by atoms with Crippen LogP contribution in [-0.4, -0.2) is 30.8 Å². The van der Waals surface area contributed by atoms with Crippen LogP contribution >= 0.6 is 11.8 Å². The first-order valence-electron chi connectivity index (χ1n) is 6.87. The van der Waals surface area contributed by atoms with Gasteiger partial charge in [-0.3, -0.25) is 0 Å². The maximum Gasteiger partial charge on any atom is 0.163 e. The summed E-state index contributed by atoms with van der Waals surface area (Å²) in [5, 5.41) is 4.15. The lowest BCUT2D eigenvalue weighted by molar-refractivity contribution is 0.172. The van der Waals surface area contributed by atoms with E-state index in [0.717, 1.165) is 29.4 Å². The second kappa shape index (κ2) is 5.82. The fraction of sp³-hybridized carbons (Fsp3) is 0.571. The van der Waals surface area contributed by atoms with Gasteiger partial charge in [-0.05, 0) is 18.6 Å². The zero-order valence-electron chi connectivity index (χ0n) is 11.0. The number of hydrogen-bond acceptors (Lipinski definition) is 5. The summed E-state index contributed by atoms with van der Waals surface area (Å²) in [4.78, 5) is 0. The second-order valence-corrected chi connectivity index (χ2v) is 6.36. The Morgan fingerprint density at radius 2 is 2.00 bits per heavy atom. The highest BCUT2D eigenvalue weighted by molar-refractivity contribution is 7.99. The second-order valence-electron chi connectivity index (χ2n) is 4.95. The van der Waals surface area contributed by atoms with Crippen molar-refractivity contribution in [2.45, 2.75) is 24.5 Å². The SMILES string of the molecule is Nc1cc2c(cc1NCC1CCCCS1)OCCO2. The largest absolute Gasteiger partial charge is 0.486 e. The summed E-state index contributed by atoms with van der Waals surface area (Å²) in [5.41, 5.74) is 7.74. The maximum absolute atomic E-state index is 6.06. The Kier molecular flexibility index (Phi) is 3.92. The minimum absolute atomic E-state index is 0.595. The van der Waals surface area contributed by atoms with Gasteiger partial charge >= 0.3 is 0 Å². The normalized spacial score (nSPS) is 22.0. The monoisotopic (exact) mass is 280 g/mol. The molecule has 5 heteroatoms. The van der Waals surface area contributed by atoms with Crippen molar-refractivity contribution < 1.29 is 9.47 Å². The lowest BCUT2D eigenvalue weighted by atomic mass is 10.1. The van der Waals surface area contributed by atoms with Crippen LogP contribution in [-0.2, 0) is 0 Å². The first-order valence-corrected chi connectivity index (χ1v) is 7.92.